The second kappa shape index (κ2) is 9.28. The molecule has 166 valence electrons. The number of carbonyl (C=O) groups is 1. The summed E-state index contributed by atoms with van der Waals surface area (Å²) >= 11 is 0. The van der Waals surface area contributed by atoms with Crippen molar-refractivity contribution in [3.63, 3.8) is 0 Å². The summed E-state index contributed by atoms with van der Waals surface area (Å²) in [5.74, 6) is -1.21. The van der Waals surface area contributed by atoms with Crippen molar-refractivity contribution in [1.82, 2.24) is 4.90 Å². The van der Waals surface area contributed by atoms with Crippen LogP contribution in [0, 0.1) is 25.6 Å². The smallest absolute Gasteiger partial charge is 0.285 e. The minimum Gasteiger partial charge on any atom is -0.322 e. The first-order chi connectivity index (χ1) is 14.6. The van der Waals surface area contributed by atoms with Crippen LogP contribution in [-0.2, 0) is 10.0 Å². The summed E-state index contributed by atoms with van der Waals surface area (Å²) in [6, 6.07) is 9.62. The molecule has 1 saturated heterocycles. The molecule has 1 aliphatic heterocycles. The first kappa shape index (κ1) is 23.1. The van der Waals surface area contributed by atoms with Crippen LogP contribution in [-0.4, -0.2) is 45.1 Å². The largest absolute Gasteiger partial charge is 0.322 e. The molecule has 1 heterocycles. The average molecular weight is 446 g/mol. The fourth-order valence-electron chi connectivity index (χ4n) is 3.75. The van der Waals surface area contributed by atoms with Crippen LogP contribution in [0.5, 0.6) is 0 Å². The van der Waals surface area contributed by atoms with E-state index in [9.17, 15) is 13.2 Å². The highest BCUT2D eigenvalue weighted by Gasteiger charge is 2.25. The Kier molecular flexibility index (Phi) is 6.91. The second-order valence-electron chi connectivity index (χ2n) is 8.10. The molecule has 1 amide bonds. The normalized spacial score (nSPS) is 16.4. The van der Waals surface area contributed by atoms with Crippen molar-refractivity contribution in [1.29, 1.82) is 0 Å². The van der Waals surface area contributed by atoms with Gasteiger partial charge in [0, 0.05) is 28.4 Å². The highest BCUT2D eigenvalue weighted by atomic mass is 32.2. The number of benzene rings is 2. The lowest BCUT2D eigenvalue weighted by Gasteiger charge is -2.28. The Morgan fingerprint density at radius 1 is 1.13 bits per heavy atom. The van der Waals surface area contributed by atoms with Crippen LogP contribution in [0.2, 0.25) is 0 Å². The highest BCUT2D eigenvalue weighted by Crippen LogP contribution is 2.28. The molecule has 0 bridgehead atoms. The van der Waals surface area contributed by atoms with Crippen LogP contribution in [0.4, 0.5) is 10.1 Å². The number of nitrogens with zero attached hydrogens (tertiary/aromatic N) is 2. The molecule has 0 radical (unpaired) electrons. The van der Waals surface area contributed by atoms with E-state index < -0.39 is 20.7 Å². The van der Waals surface area contributed by atoms with Gasteiger partial charge in [0.15, 0.2) is 0 Å². The molecule has 3 rings (SSSR count). The van der Waals surface area contributed by atoms with Crippen molar-refractivity contribution in [2.24, 2.45) is 10.3 Å². The summed E-state index contributed by atoms with van der Waals surface area (Å²) < 4.78 is 44.5. The lowest BCUT2D eigenvalue weighted by atomic mass is 9.93. The number of carbonyl (C=O) groups excluding carboxylic acids is 1. The van der Waals surface area contributed by atoms with E-state index in [4.69, 9.17) is 0 Å². The minimum atomic E-state index is -4.19. The van der Waals surface area contributed by atoms with Gasteiger partial charge in [0.05, 0.1) is 0 Å². The van der Waals surface area contributed by atoms with Crippen LogP contribution in [0.1, 0.15) is 41.3 Å². The second-order valence-corrected chi connectivity index (χ2v) is 9.68. The average Bonchev–Trinajstić information content (AvgIpc) is 2.71. The zero-order valence-corrected chi connectivity index (χ0v) is 19.1. The van der Waals surface area contributed by atoms with Crippen LogP contribution in [0.15, 0.2) is 45.7 Å². The van der Waals surface area contributed by atoms with Gasteiger partial charge in [-0.15, -0.1) is 0 Å². The third kappa shape index (κ3) is 5.19. The van der Waals surface area contributed by atoms with Crippen molar-refractivity contribution in [3.8, 4) is 0 Å². The quantitative estimate of drug-likeness (QED) is 0.700. The van der Waals surface area contributed by atoms with Gasteiger partial charge in [-0.25, -0.2) is 4.39 Å². The van der Waals surface area contributed by atoms with Crippen molar-refractivity contribution in [2.45, 2.75) is 38.5 Å². The van der Waals surface area contributed by atoms with Crippen LogP contribution in [0.25, 0.3) is 0 Å². The van der Waals surface area contributed by atoms with Gasteiger partial charge in [-0.3, -0.25) is 4.79 Å². The summed E-state index contributed by atoms with van der Waals surface area (Å²) in [7, 11) is -2.17. The fourth-order valence-corrected chi connectivity index (χ4v) is 5.00. The summed E-state index contributed by atoms with van der Waals surface area (Å²) in [6.45, 7) is 6.69. The summed E-state index contributed by atoms with van der Waals surface area (Å²) in [6.07, 6.45) is 1.65. The minimum absolute atomic E-state index is 0.0511. The van der Waals surface area contributed by atoms with Crippen molar-refractivity contribution in [2.75, 3.05) is 25.5 Å². The van der Waals surface area contributed by atoms with E-state index in [1.54, 1.807) is 19.1 Å². The number of sulfonamides is 1. The summed E-state index contributed by atoms with van der Waals surface area (Å²) in [4.78, 5) is 14.3. The Morgan fingerprint density at radius 2 is 1.77 bits per heavy atom. The molecule has 1 N–H and O–H groups in total. The van der Waals surface area contributed by atoms with Crippen molar-refractivity contribution >= 4 is 27.3 Å². The maximum absolute atomic E-state index is 15.0. The molecule has 2 aromatic carbocycles. The van der Waals surface area contributed by atoms with Crippen LogP contribution >= 0.6 is 0 Å². The van der Waals surface area contributed by atoms with E-state index in [1.807, 2.05) is 26.1 Å². The summed E-state index contributed by atoms with van der Waals surface area (Å²) in [5.41, 5.74) is 2.03. The Balaban J connectivity index is 1.85. The molecule has 0 spiro atoms. The van der Waals surface area contributed by atoms with E-state index in [1.165, 1.54) is 13.0 Å². The zero-order valence-electron chi connectivity index (χ0n) is 18.3. The van der Waals surface area contributed by atoms with Gasteiger partial charge in [-0.1, -0.05) is 18.2 Å². The SMILES string of the molecule is C/C(=N/S(=O)(=O)c1ccc(NC(=O)c2ccccc2C)c(C)c1F)C1CCN(C)CC1. The van der Waals surface area contributed by atoms with E-state index in [0.717, 1.165) is 37.6 Å². The summed E-state index contributed by atoms with van der Waals surface area (Å²) in [5, 5.41) is 2.67. The number of hydrogen-bond acceptors (Lipinski definition) is 4. The Labute approximate surface area is 183 Å². The number of piperidine rings is 1. The molecular formula is C23H28FN3O3S. The molecular weight excluding hydrogens is 417 g/mol. The molecule has 0 saturated carbocycles. The lowest BCUT2D eigenvalue weighted by molar-refractivity contribution is 0.102. The van der Waals surface area contributed by atoms with E-state index >= 15 is 4.39 Å². The first-order valence-electron chi connectivity index (χ1n) is 10.3. The lowest BCUT2D eigenvalue weighted by Crippen LogP contribution is -2.33. The van der Waals surface area contributed by atoms with Gasteiger partial charge in [0.1, 0.15) is 10.7 Å². The van der Waals surface area contributed by atoms with Crippen LogP contribution < -0.4 is 5.32 Å². The van der Waals surface area contributed by atoms with Gasteiger partial charge in [-0.05, 0) is 77.5 Å². The predicted octanol–water partition coefficient (Wildman–Crippen LogP) is 4.19. The van der Waals surface area contributed by atoms with Gasteiger partial charge >= 0.3 is 0 Å². The molecule has 6 nitrogen and oxygen atoms in total. The van der Waals surface area contributed by atoms with Crippen molar-refractivity contribution in [3.05, 3.63) is 58.9 Å². The third-order valence-electron chi connectivity index (χ3n) is 5.84. The first-order valence-corrected chi connectivity index (χ1v) is 11.7. The number of nitrogens with one attached hydrogen (secondary N) is 1. The number of amides is 1. The molecule has 1 fully saturated rings. The molecule has 2 aromatic rings. The van der Waals surface area contributed by atoms with E-state index in [2.05, 4.69) is 14.6 Å². The number of rotatable bonds is 5. The predicted molar refractivity (Wildman–Crippen MR) is 121 cm³/mol. The van der Waals surface area contributed by atoms with E-state index in [-0.39, 0.29) is 23.1 Å². The molecule has 31 heavy (non-hydrogen) atoms. The fraction of sp³-hybridized carbons (Fsp3) is 0.391. The van der Waals surface area contributed by atoms with Gasteiger partial charge in [0.2, 0.25) is 0 Å². The number of anilines is 1. The molecule has 0 aliphatic carbocycles. The standard InChI is InChI=1S/C23H28FN3O3S/c1-15-7-5-6-8-19(15)23(28)25-20-9-10-21(22(24)16(20)2)31(29,30)26-17(3)18-11-13-27(4)14-12-18/h5-10,18H,11-14H2,1-4H3,(H,25,28)/b26-17-. The zero-order chi connectivity index (χ0) is 22.8. The van der Waals surface area contributed by atoms with Gasteiger partial charge < -0.3 is 10.2 Å². The maximum Gasteiger partial charge on any atom is 0.285 e. The number of hydrogen-bond donors (Lipinski definition) is 1. The Hall–Kier alpha value is -2.58. The topological polar surface area (TPSA) is 78.8 Å². The molecule has 8 heteroatoms. The number of aryl methyl sites for hydroxylation is 1. The molecule has 0 unspecified atom stereocenters. The van der Waals surface area contributed by atoms with Crippen molar-refractivity contribution < 1.29 is 17.6 Å². The molecule has 1 aliphatic rings. The Bertz CT molecular complexity index is 1120. The number of halogens is 1. The monoisotopic (exact) mass is 445 g/mol. The highest BCUT2D eigenvalue weighted by molar-refractivity contribution is 7.90. The molecule has 0 atom stereocenters. The van der Waals surface area contributed by atoms with Crippen LogP contribution in [0.3, 0.4) is 0 Å². The Morgan fingerprint density at radius 3 is 2.42 bits per heavy atom. The van der Waals surface area contributed by atoms with Gasteiger partial charge in [0.25, 0.3) is 15.9 Å². The molecule has 0 aromatic heterocycles. The number of likely N-dealkylation sites (tertiary alicyclic amines) is 1. The third-order valence-corrected chi connectivity index (χ3v) is 7.24. The van der Waals surface area contributed by atoms with E-state index in [0.29, 0.717) is 11.3 Å². The maximum atomic E-state index is 15.0. The van der Waals surface area contributed by atoms with Gasteiger partial charge in [-0.2, -0.15) is 12.8 Å².